The molecule has 0 radical (unpaired) electrons. The third kappa shape index (κ3) is 2.28. The van der Waals surface area contributed by atoms with Crippen LogP contribution in [0.25, 0.3) is 38.3 Å². The lowest BCUT2D eigenvalue weighted by molar-refractivity contribution is 1.06. The molecular weight excluding hydrogens is 332 g/mol. The van der Waals surface area contributed by atoms with Gasteiger partial charge in [0.15, 0.2) is 0 Å². The molecule has 0 atom stereocenters. The molecule has 27 heavy (non-hydrogen) atoms. The van der Waals surface area contributed by atoms with Crippen LogP contribution in [0.3, 0.4) is 0 Å². The minimum absolute atomic E-state index is 0.0143. The van der Waals surface area contributed by atoms with Gasteiger partial charge in [-0.15, -0.1) is 0 Å². The molecule has 0 aliphatic carbocycles. The molecule has 5 rings (SSSR count). The van der Waals surface area contributed by atoms with Crippen molar-refractivity contribution >= 4 is 32.6 Å². The van der Waals surface area contributed by atoms with Crippen molar-refractivity contribution in [2.45, 2.75) is 13.8 Å². The molecule has 3 aromatic carbocycles. The number of nitrogens with zero attached hydrogens (tertiary/aromatic N) is 2. The topological polar surface area (TPSA) is 34.9 Å². The van der Waals surface area contributed by atoms with Gasteiger partial charge in [0.2, 0.25) is 0 Å². The largest absolute Gasteiger partial charge is 0.274 e. The van der Waals surface area contributed by atoms with Gasteiger partial charge in [-0.1, -0.05) is 36.4 Å². The van der Waals surface area contributed by atoms with Crippen molar-refractivity contribution in [3.8, 4) is 5.69 Å². The van der Waals surface area contributed by atoms with E-state index in [1.807, 2.05) is 59.2 Å². The van der Waals surface area contributed by atoms with Gasteiger partial charge in [0.25, 0.3) is 5.56 Å². The Morgan fingerprint density at radius 2 is 1.52 bits per heavy atom. The maximum absolute atomic E-state index is 13.5. The number of para-hydroxylation sites is 1. The van der Waals surface area contributed by atoms with Crippen molar-refractivity contribution in [3.63, 3.8) is 0 Å². The summed E-state index contributed by atoms with van der Waals surface area (Å²) in [5.41, 5.74) is 4.93. The minimum Gasteiger partial charge on any atom is -0.274 e. The normalized spacial score (nSPS) is 11.5. The summed E-state index contributed by atoms with van der Waals surface area (Å²) in [6.07, 6.45) is 1.77. The lowest BCUT2D eigenvalue weighted by Crippen LogP contribution is -2.20. The Morgan fingerprint density at radius 1 is 0.778 bits per heavy atom. The third-order valence-electron chi connectivity index (χ3n) is 5.36. The van der Waals surface area contributed by atoms with Gasteiger partial charge >= 0.3 is 0 Å². The van der Waals surface area contributed by atoms with E-state index in [-0.39, 0.29) is 5.56 Å². The maximum atomic E-state index is 13.5. The molecule has 0 aliphatic heterocycles. The number of hydrogen-bond acceptors (Lipinski definition) is 2. The molecule has 3 heteroatoms. The molecule has 2 heterocycles. The standard InChI is InChI=1S/C24H18N2O/c1-15-13-20-18-9-3-4-10-19(18)24(27)26(22(20)14-16(15)2)21-11-5-7-17-8-6-12-25-23(17)21/h3-14H,1-2H3. The van der Waals surface area contributed by atoms with E-state index in [0.717, 1.165) is 38.3 Å². The predicted molar refractivity (Wildman–Crippen MR) is 112 cm³/mol. The first kappa shape index (κ1) is 15.8. The van der Waals surface area contributed by atoms with Gasteiger partial charge in [0.05, 0.1) is 16.7 Å². The number of benzene rings is 3. The molecule has 0 bridgehead atoms. The van der Waals surface area contributed by atoms with E-state index in [1.165, 1.54) is 11.1 Å². The first-order valence-corrected chi connectivity index (χ1v) is 9.04. The monoisotopic (exact) mass is 350 g/mol. The number of aromatic nitrogens is 2. The zero-order valence-electron chi connectivity index (χ0n) is 15.2. The molecule has 0 fully saturated rings. The van der Waals surface area contributed by atoms with E-state index in [4.69, 9.17) is 0 Å². The van der Waals surface area contributed by atoms with Gasteiger partial charge < -0.3 is 0 Å². The molecule has 2 aromatic heterocycles. The summed E-state index contributed by atoms with van der Waals surface area (Å²) in [6, 6.07) is 22.0. The van der Waals surface area contributed by atoms with Crippen LogP contribution in [0.4, 0.5) is 0 Å². The van der Waals surface area contributed by atoms with E-state index < -0.39 is 0 Å². The SMILES string of the molecule is Cc1cc2c3ccccc3c(=O)n(-c3cccc4cccnc34)c2cc1C. The van der Waals surface area contributed by atoms with Gasteiger partial charge in [-0.05, 0) is 60.7 Å². The summed E-state index contributed by atoms with van der Waals surface area (Å²) >= 11 is 0. The average molecular weight is 350 g/mol. The van der Waals surface area contributed by atoms with Crippen LogP contribution in [0.2, 0.25) is 0 Å². The number of pyridine rings is 2. The van der Waals surface area contributed by atoms with Crippen molar-refractivity contribution in [3.05, 3.63) is 94.4 Å². The number of rotatable bonds is 1. The van der Waals surface area contributed by atoms with Crippen molar-refractivity contribution in [2.24, 2.45) is 0 Å². The molecule has 0 unspecified atom stereocenters. The van der Waals surface area contributed by atoms with Gasteiger partial charge in [0.1, 0.15) is 0 Å². The fraction of sp³-hybridized carbons (Fsp3) is 0.0833. The number of fused-ring (bicyclic) bond motifs is 4. The Kier molecular flexibility index (Phi) is 3.37. The van der Waals surface area contributed by atoms with Crippen LogP contribution in [0.5, 0.6) is 0 Å². The quantitative estimate of drug-likeness (QED) is 0.384. The highest BCUT2D eigenvalue weighted by molar-refractivity contribution is 6.07. The molecule has 0 amide bonds. The van der Waals surface area contributed by atoms with Crippen LogP contribution in [0.15, 0.2) is 77.7 Å². The Labute approximate surface area is 156 Å². The van der Waals surface area contributed by atoms with Crippen LogP contribution in [-0.4, -0.2) is 9.55 Å². The van der Waals surface area contributed by atoms with Crippen molar-refractivity contribution < 1.29 is 0 Å². The third-order valence-corrected chi connectivity index (χ3v) is 5.36. The molecular formula is C24H18N2O. The zero-order chi connectivity index (χ0) is 18.5. The fourth-order valence-corrected chi connectivity index (χ4v) is 3.84. The molecule has 0 aliphatic rings. The summed E-state index contributed by atoms with van der Waals surface area (Å²) in [7, 11) is 0. The molecule has 3 nitrogen and oxygen atoms in total. The van der Waals surface area contributed by atoms with Crippen molar-refractivity contribution in [1.29, 1.82) is 0 Å². The molecule has 0 N–H and O–H groups in total. The molecule has 0 spiro atoms. The summed E-state index contributed by atoms with van der Waals surface area (Å²) in [5, 5.41) is 3.82. The van der Waals surface area contributed by atoms with Gasteiger partial charge in [0, 0.05) is 22.4 Å². The first-order valence-electron chi connectivity index (χ1n) is 9.04. The molecule has 0 saturated heterocycles. The van der Waals surface area contributed by atoms with Gasteiger partial charge in [-0.2, -0.15) is 0 Å². The minimum atomic E-state index is -0.0143. The van der Waals surface area contributed by atoms with Crippen LogP contribution in [0.1, 0.15) is 11.1 Å². The lowest BCUT2D eigenvalue weighted by Gasteiger charge is -2.16. The summed E-state index contributed by atoms with van der Waals surface area (Å²) in [5.74, 6) is 0. The van der Waals surface area contributed by atoms with E-state index in [2.05, 4.69) is 31.0 Å². The van der Waals surface area contributed by atoms with E-state index >= 15 is 0 Å². The smallest absolute Gasteiger partial charge is 0.263 e. The van der Waals surface area contributed by atoms with Crippen LogP contribution in [-0.2, 0) is 0 Å². The highest BCUT2D eigenvalue weighted by atomic mass is 16.1. The highest BCUT2D eigenvalue weighted by Crippen LogP contribution is 2.29. The molecule has 5 aromatic rings. The molecule has 0 saturated carbocycles. The second kappa shape index (κ2) is 5.78. The zero-order valence-corrected chi connectivity index (χ0v) is 15.2. The summed E-state index contributed by atoms with van der Waals surface area (Å²) < 4.78 is 1.82. The average Bonchev–Trinajstić information content (AvgIpc) is 2.70. The lowest BCUT2D eigenvalue weighted by atomic mass is 10.0. The van der Waals surface area contributed by atoms with Crippen molar-refractivity contribution in [2.75, 3.05) is 0 Å². The van der Waals surface area contributed by atoms with Crippen molar-refractivity contribution in [1.82, 2.24) is 9.55 Å². The summed E-state index contributed by atoms with van der Waals surface area (Å²) in [4.78, 5) is 18.1. The van der Waals surface area contributed by atoms with Crippen LogP contribution >= 0.6 is 0 Å². The summed E-state index contributed by atoms with van der Waals surface area (Å²) in [6.45, 7) is 4.19. The van der Waals surface area contributed by atoms with E-state index in [9.17, 15) is 4.79 Å². The number of aryl methyl sites for hydroxylation is 2. The van der Waals surface area contributed by atoms with E-state index in [0.29, 0.717) is 0 Å². The van der Waals surface area contributed by atoms with Gasteiger partial charge in [-0.25, -0.2) is 0 Å². The fourth-order valence-electron chi connectivity index (χ4n) is 3.84. The van der Waals surface area contributed by atoms with Gasteiger partial charge in [-0.3, -0.25) is 14.3 Å². The first-order chi connectivity index (χ1) is 13.1. The molecule has 130 valence electrons. The van der Waals surface area contributed by atoms with Crippen LogP contribution < -0.4 is 5.56 Å². The Morgan fingerprint density at radius 3 is 2.37 bits per heavy atom. The second-order valence-corrected chi connectivity index (χ2v) is 6.99. The Balaban J connectivity index is 2.07. The number of hydrogen-bond donors (Lipinski definition) is 0. The second-order valence-electron chi connectivity index (χ2n) is 6.99. The Hall–Kier alpha value is -3.46. The Bertz CT molecular complexity index is 1410. The predicted octanol–water partition coefficient (Wildman–Crippen LogP) is 5.31. The highest BCUT2D eigenvalue weighted by Gasteiger charge is 2.15. The van der Waals surface area contributed by atoms with Crippen LogP contribution in [0, 0.1) is 13.8 Å². The van der Waals surface area contributed by atoms with E-state index in [1.54, 1.807) is 6.20 Å². The maximum Gasteiger partial charge on any atom is 0.263 e.